The van der Waals surface area contributed by atoms with Crippen LogP contribution in [0.1, 0.15) is 17.0 Å². The average Bonchev–Trinajstić information content (AvgIpc) is 3.12. The molecule has 30 heavy (non-hydrogen) atoms. The van der Waals surface area contributed by atoms with Crippen LogP contribution in [0, 0.1) is 0 Å². The van der Waals surface area contributed by atoms with Crippen molar-refractivity contribution in [1.82, 2.24) is 8.96 Å². The van der Waals surface area contributed by atoms with Gasteiger partial charge in [-0.15, -0.1) is 0 Å². The fourth-order valence-electron chi connectivity index (χ4n) is 3.05. The van der Waals surface area contributed by atoms with E-state index < -0.39 is 26.7 Å². The number of alkyl halides is 3. The summed E-state index contributed by atoms with van der Waals surface area (Å²) in [4.78, 5) is 3.90. The smallest absolute Gasteiger partial charge is 0.228 e. The Morgan fingerprint density at radius 2 is 1.53 bits per heavy atom. The Balaban J connectivity index is 1.90. The molecule has 1 aromatic heterocycles. The van der Waals surface area contributed by atoms with Crippen molar-refractivity contribution in [3.63, 3.8) is 0 Å². The lowest BCUT2D eigenvalue weighted by Gasteiger charge is -2.12. The molecule has 8 heteroatoms. The van der Waals surface area contributed by atoms with Crippen molar-refractivity contribution in [2.45, 2.75) is 11.1 Å². The average molecular weight is 428 g/mol. The van der Waals surface area contributed by atoms with E-state index in [-0.39, 0.29) is 11.3 Å². The van der Waals surface area contributed by atoms with Gasteiger partial charge in [-0.25, -0.2) is 17.4 Å². The van der Waals surface area contributed by atoms with Gasteiger partial charge in [0.15, 0.2) is 0 Å². The minimum atomic E-state index is -4.65. The number of fused-ring (bicyclic) bond motifs is 1. The number of halogens is 3. The maximum absolute atomic E-state index is 13.3. The summed E-state index contributed by atoms with van der Waals surface area (Å²) < 4.78 is 67.0. The van der Waals surface area contributed by atoms with Gasteiger partial charge in [-0.1, -0.05) is 54.6 Å². The Bertz CT molecular complexity index is 1340. The van der Waals surface area contributed by atoms with E-state index in [1.165, 1.54) is 6.08 Å². The zero-order valence-corrected chi connectivity index (χ0v) is 16.2. The molecule has 0 atom stereocenters. The van der Waals surface area contributed by atoms with Gasteiger partial charge >= 0.3 is 6.18 Å². The normalized spacial score (nSPS) is 12.6. The molecule has 0 N–H and O–H groups in total. The van der Waals surface area contributed by atoms with Crippen LogP contribution in [-0.2, 0) is 16.2 Å². The largest absolute Gasteiger partial charge is 0.416 e. The molecule has 0 aliphatic heterocycles. The van der Waals surface area contributed by atoms with Crippen molar-refractivity contribution in [3.8, 4) is 0 Å². The van der Waals surface area contributed by atoms with Crippen LogP contribution in [0.5, 0.6) is 0 Å². The summed E-state index contributed by atoms with van der Waals surface area (Å²) in [5, 5.41) is 0. The number of para-hydroxylation sites is 2. The van der Waals surface area contributed by atoms with E-state index in [0.717, 1.165) is 27.7 Å². The van der Waals surface area contributed by atoms with Gasteiger partial charge < -0.3 is 0 Å². The van der Waals surface area contributed by atoms with Crippen LogP contribution in [-0.4, -0.2) is 17.4 Å². The van der Waals surface area contributed by atoms with Crippen molar-refractivity contribution < 1.29 is 21.6 Å². The molecule has 0 spiro atoms. The number of nitrogens with zero attached hydrogens (tertiary/aromatic N) is 2. The molecule has 0 aliphatic rings. The van der Waals surface area contributed by atoms with Gasteiger partial charge in [-0.05, 0) is 42.0 Å². The second-order valence-electron chi connectivity index (χ2n) is 6.50. The summed E-state index contributed by atoms with van der Waals surface area (Å²) in [6.45, 7) is 0. The van der Waals surface area contributed by atoms with Crippen LogP contribution in [0.4, 0.5) is 13.2 Å². The fraction of sp³-hybridized carbons (Fsp3) is 0.0455. The number of aromatic nitrogens is 2. The molecule has 0 bridgehead atoms. The van der Waals surface area contributed by atoms with Gasteiger partial charge in [-0.2, -0.15) is 13.2 Å². The van der Waals surface area contributed by atoms with E-state index in [1.54, 1.807) is 30.3 Å². The van der Waals surface area contributed by atoms with Crippen molar-refractivity contribution in [2.75, 3.05) is 0 Å². The van der Waals surface area contributed by atoms with Gasteiger partial charge in [-0.3, -0.25) is 0 Å². The predicted molar refractivity (Wildman–Crippen MR) is 109 cm³/mol. The van der Waals surface area contributed by atoms with Crippen LogP contribution >= 0.6 is 0 Å². The minimum absolute atomic E-state index is 0.0949. The minimum Gasteiger partial charge on any atom is -0.228 e. The molecule has 1 heterocycles. The molecule has 0 saturated heterocycles. The molecule has 0 radical (unpaired) electrons. The molecule has 4 nitrogen and oxygen atoms in total. The lowest BCUT2D eigenvalue weighted by molar-refractivity contribution is -0.137. The second kappa shape index (κ2) is 7.46. The van der Waals surface area contributed by atoms with Crippen LogP contribution in [0.25, 0.3) is 23.2 Å². The topological polar surface area (TPSA) is 52.0 Å². The van der Waals surface area contributed by atoms with Crippen LogP contribution in [0.2, 0.25) is 0 Å². The Morgan fingerprint density at radius 3 is 2.27 bits per heavy atom. The van der Waals surface area contributed by atoms with E-state index in [4.69, 9.17) is 0 Å². The van der Waals surface area contributed by atoms with E-state index >= 15 is 0 Å². The maximum Gasteiger partial charge on any atom is 0.416 e. The van der Waals surface area contributed by atoms with Crippen molar-refractivity contribution in [2.24, 2.45) is 0 Å². The molecular weight excluding hydrogens is 413 g/mol. The number of hydrogen-bond acceptors (Lipinski definition) is 3. The Labute approximate surface area is 171 Å². The summed E-state index contributed by atoms with van der Waals surface area (Å²) in [6, 6.07) is 19.5. The summed E-state index contributed by atoms with van der Waals surface area (Å²) in [5.74, 6) is 0.0949. The zero-order chi connectivity index (χ0) is 21.4. The van der Waals surface area contributed by atoms with Gasteiger partial charge in [0, 0.05) is 0 Å². The third-order valence-corrected chi connectivity index (χ3v) is 6.18. The number of rotatable bonds is 4. The predicted octanol–water partition coefficient (Wildman–Crippen LogP) is 5.46. The highest BCUT2D eigenvalue weighted by Crippen LogP contribution is 2.32. The highest BCUT2D eigenvalue weighted by Gasteiger charge is 2.32. The summed E-state index contributed by atoms with van der Waals surface area (Å²) in [7, 11) is -4.34. The zero-order valence-electron chi connectivity index (χ0n) is 15.4. The molecule has 0 saturated carbocycles. The molecule has 0 fully saturated rings. The van der Waals surface area contributed by atoms with Crippen LogP contribution in [0.3, 0.4) is 0 Å². The SMILES string of the molecule is O=S(=O)(c1cccc(C(F)(F)F)c1)n1c(C=Cc2ccccc2)nc2ccccc21. The Morgan fingerprint density at radius 1 is 0.833 bits per heavy atom. The first-order valence-corrected chi connectivity index (χ1v) is 10.3. The molecule has 0 aliphatic carbocycles. The molecule has 0 amide bonds. The van der Waals surface area contributed by atoms with Crippen molar-refractivity contribution in [3.05, 3.63) is 95.8 Å². The monoisotopic (exact) mass is 428 g/mol. The fourth-order valence-corrected chi connectivity index (χ4v) is 4.55. The van der Waals surface area contributed by atoms with Gasteiger partial charge in [0.1, 0.15) is 5.82 Å². The third-order valence-electron chi connectivity index (χ3n) is 4.47. The first-order valence-electron chi connectivity index (χ1n) is 8.90. The van der Waals surface area contributed by atoms with Gasteiger partial charge in [0.25, 0.3) is 10.0 Å². The second-order valence-corrected chi connectivity index (χ2v) is 8.28. The van der Waals surface area contributed by atoms with Crippen LogP contribution in [0.15, 0.2) is 83.8 Å². The highest BCUT2D eigenvalue weighted by molar-refractivity contribution is 7.90. The lowest BCUT2D eigenvalue weighted by Crippen LogP contribution is -2.16. The molecule has 0 unspecified atom stereocenters. The first-order chi connectivity index (χ1) is 14.3. The van der Waals surface area contributed by atoms with Crippen molar-refractivity contribution >= 4 is 33.2 Å². The number of imidazole rings is 1. The molecule has 4 rings (SSSR count). The summed E-state index contributed by atoms with van der Waals surface area (Å²) in [5.41, 5.74) is 0.491. The highest BCUT2D eigenvalue weighted by atomic mass is 32.2. The molecule has 3 aromatic carbocycles. The van der Waals surface area contributed by atoms with E-state index in [0.29, 0.717) is 11.6 Å². The molecular formula is C22H15F3N2O2S. The summed E-state index contributed by atoms with van der Waals surface area (Å²) >= 11 is 0. The van der Waals surface area contributed by atoms with E-state index in [1.807, 2.05) is 30.3 Å². The Hall–Kier alpha value is -3.39. The quantitative estimate of drug-likeness (QED) is 0.434. The Kier molecular flexibility index (Phi) is 4.95. The molecule has 152 valence electrons. The standard InChI is InChI=1S/C22H15F3N2O2S/c23-22(24,25)17-9-6-10-18(15-17)30(28,29)27-20-12-5-4-11-19(20)26-21(27)14-13-16-7-2-1-3-8-16/h1-15H. The van der Waals surface area contributed by atoms with Crippen LogP contribution < -0.4 is 0 Å². The van der Waals surface area contributed by atoms with E-state index in [9.17, 15) is 21.6 Å². The summed E-state index contributed by atoms with van der Waals surface area (Å²) in [6.07, 6.45) is -1.43. The number of benzene rings is 3. The third kappa shape index (κ3) is 3.73. The van der Waals surface area contributed by atoms with Crippen molar-refractivity contribution in [1.29, 1.82) is 0 Å². The molecule has 4 aromatic rings. The van der Waals surface area contributed by atoms with E-state index in [2.05, 4.69) is 4.98 Å². The maximum atomic E-state index is 13.3. The number of hydrogen-bond donors (Lipinski definition) is 0. The van der Waals surface area contributed by atoms with Gasteiger partial charge in [0.05, 0.1) is 21.5 Å². The lowest BCUT2D eigenvalue weighted by atomic mass is 10.2. The van der Waals surface area contributed by atoms with Gasteiger partial charge in [0.2, 0.25) is 0 Å². The first kappa shape index (κ1) is 19.9.